The molecule has 2 aromatic rings. The van der Waals surface area contributed by atoms with Gasteiger partial charge in [0.2, 0.25) is 0 Å². The number of carbonyl (C=O) groups excluding carboxylic acids is 2. The maximum Gasteiger partial charge on any atom is 0.200 e. The number of likely N-dealkylation sites (N-methyl/N-ethyl adjacent to an activating group) is 1. The molecule has 0 bridgehead atoms. The first kappa shape index (κ1) is 18.9. The van der Waals surface area contributed by atoms with E-state index in [2.05, 4.69) is 15.5 Å². The highest BCUT2D eigenvalue weighted by molar-refractivity contribution is 6.31. The van der Waals surface area contributed by atoms with Gasteiger partial charge in [0.1, 0.15) is 11.5 Å². The largest absolute Gasteiger partial charge is 0.507 e. The number of phenols is 2. The zero-order chi connectivity index (χ0) is 19.6. The van der Waals surface area contributed by atoms with Gasteiger partial charge in [0, 0.05) is 37.4 Å². The third-order valence-corrected chi connectivity index (χ3v) is 4.50. The molecule has 0 radical (unpaired) electrons. The van der Waals surface area contributed by atoms with Gasteiger partial charge in [-0.3, -0.25) is 9.59 Å². The molecule has 0 aromatic heterocycles. The number of anilines is 1. The topological polar surface area (TPSA) is 102 Å². The molecule has 0 heterocycles. The molecule has 27 heavy (non-hydrogen) atoms. The normalized spacial score (nSPS) is 12.9. The third-order valence-electron chi connectivity index (χ3n) is 4.50. The highest BCUT2D eigenvalue weighted by atomic mass is 16.3. The Balaban J connectivity index is 1.82. The summed E-state index contributed by atoms with van der Waals surface area (Å²) in [5, 5.41) is 26.6. The van der Waals surface area contributed by atoms with Crippen molar-refractivity contribution < 1.29 is 19.8 Å². The molecule has 0 unspecified atom stereocenters. The lowest BCUT2D eigenvalue weighted by Crippen LogP contribution is -2.30. The summed E-state index contributed by atoms with van der Waals surface area (Å²) in [6, 6.07) is 7.41. The predicted octanol–water partition coefficient (Wildman–Crippen LogP) is 1.44. The summed E-state index contributed by atoms with van der Waals surface area (Å²) >= 11 is 0. The summed E-state index contributed by atoms with van der Waals surface area (Å²) in [6.07, 6.45) is 0. The van der Waals surface area contributed by atoms with Crippen molar-refractivity contribution in [2.75, 3.05) is 45.6 Å². The number of nitrogens with one attached hydrogen (secondary N) is 2. The van der Waals surface area contributed by atoms with Crippen LogP contribution in [0.15, 0.2) is 30.3 Å². The number of rotatable bonds is 7. The van der Waals surface area contributed by atoms with Crippen LogP contribution in [-0.2, 0) is 0 Å². The lowest BCUT2D eigenvalue weighted by Gasteiger charge is -2.22. The van der Waals surface area contributed by atoms with Crippen molar-refractivity contribution in [2.45, 2.75) is 0 Å². The van der Waals surface area contributed by atoms with Crippen LogP contribution in [0.1, 0.15) is 31.8 Å². The van der Waals surface area contributed by atoms with E-state index < -0.39 is 11.6 Å². The number of hydrogen-bond acceptors (Lipinski definition) is 7. The molecule has 7 heteroatoms. The number of nitrogens with zero attached hydrogens (tertiary/aromatic N) is 1. The average Bonchev–Trinajstić information content (AvgIpc) is 2.64. The average molecular weight is 369 g/mol. The molecule has 7 nitrogen and oxygen atoms in total. The fourth-order valence-corrected chi connectivity index (χ4v) is 3.15. The van der Waals surface area contributed by atoms with Crippen molar-refractivity contribution in [1.29, 1.82) is 0 Å². The number of phenolic OH excluding ortho intramolecular Hbond substituents is 2. The van der Waals surface area contributed by atoms with E-state index in [0.717, 1.165) is 13.1 Å². The predicted molar refractivity (Wildman–Crippen MR) is 103 cm³/mol. The maximum absolute atomic E-state index is 13.0. The van der Waals surface area contributed by atoms with Crippen LogP contribution >= 0.6 is 0 Å². The van der Waals surface area contributed by atoms with Crippen molar-refractivity contribution in [3.05, 3.63) is 52.6 Å². The Morgan fingerprint density at radius 2 is 1.52 bits per heavy atom. The van der Waals surface area contributed by atoms with E-state index in [-0.39, 0.29) is 33.8 Å². The molecule has 3 rings (SSSR count). The molecule has 0 spiro atoms. The Kier molecular flexibility index (Phi) is 5.43. The zero-order valence-corrected chi connectivity index (χ0v) is 15.4. The van der Waals surface area contributed by atoms with Gasteiger partial charge in [-0.25, -0.2) is 0 Å². The first-order chi connectivity index (χ1) is 12.9. The molecular weight excluding hydrogens is 346 g/mol. The number of benzene rings is 2. The molecule has 0 amide bonds. The van der Waals surface area contributed by atoms with Gasteiger partial charge in [-0.15, -0.1) is 0 Å². The second-order valence-corrected chi connectivity index (χ2v) is 6.72. The van der Waals surface area contributed by atoms with Crippen LogP contribution in [0, 0.1) is 0 Å². The lowest BCUT2D eigenvalue weighted by molar-refractivity contribution is 0.0974. The first-order valence-electron chi connectivity index (χ1n) is 8.78. The van der Waals surface area contributed by atoms with E-state index in [4.69, 9.17) is 0 Å². The third kappa shape index (κ3) is 3.65. The summed E-state index contributed by atoms with van der Waals surface area (Å²) in [6.45, 7) is 3.04. The van der Waals surface area contributed by atoms with Crippen LogP contribution in [0.5, 0.6) is 11.5 Å². The maximum atomic E-state index is 13.0. The SMILES string of the molecule is CN(C)CCNCCNc1cccc2c1C(=O)c1c(O)ccc(O)c1C2=O. The van der Waals surface area contributed by atoms with Crippen LogP contribution < -0.4 is 10.6 Å². The zero-order valence-electron chi connectivity index (χ0n) is 15.4. The van der Waals surface area contributed by atoms with Gasteiger partial charge in [0.25, 0.3) is 0 Å². The Bertz CT molecular complexity index is 893. The fraction of sp³-hybridized carbons (Fsp3) is 0.300. The van der Waals surface area contributed by atoms with E-state index in [9.17, 15) is 19.8 Å². The monoisotopic (exact) mass is 369 g/mol. The van der Waals surface area contributed by atoms with Crippen LogP contribution in [0.2, 0.25) is 0 Å². The Hall–Kier alpha value is -2.90. The molecule has 0 saturated carbocycles. The molecule has 4 N–H and O–H groups in total. The lowest BCUT2D eigenvalue weighted by atomic mass is 9.82. The molecule has 0 aliphatic heterocycles. The summed E-state index contributed by atoms with van der Waals surface area (Å²) < 4.78 is 0. The van der Waals surface area contributed by atoms with E-state index in [1.165, 1.54) is 12.1 Å². The standard InChI is InChI=1S/C20H23N3O4/c1-23(2)11-10-21-8-9-22-13-5-3-4-12-16(13)20(27)18-15(25)7-6-14(24)17(18)19(12)26/h3-7,21-22,24-25H,8-11H2,1-2H3. The number of ketones is 2. The number of fused-ring (bicyclic) bond motifs is 2. The second-order valence-electron chi connectivity index (χ2n) is 6.72. The van der Waals surface area contributed by atoms with Crippen molar-refractivity contribution in [1.82, 2.24) is 10.2 Å². The smallest absolute Gasteiger partial charge is 0.200 e. The van der Waals surface area contributed by atoms with Gasteiger partial charge in [-0.1, -0.05) is 12.1 Å². The molecule has 1 aliphatic rings. The van der Waals surface area contributed by atoms with Crippen LogP contribution in [-0.4, -0.2) is 67.0 Å². The van der Waals surface area contributed by atoms with Gasteiger partial charge >= 0.3 is 0 Å². The number of hydrogen-bond donors (Lipinski definition) is 4. The molecule has 142 valence electrons. The van der Waals surface area contributed by atoms with E-state index in [0.29, 0.717) is 18.8 Å². The van der Waals surface area contributed by atoms with Crippen LogP contribution in [0.3, 0.4) is 0 Å². The summed E-state index contributed by atoms with van der Waals surface area (Å²) in [5.41, 5.74) is 0.692. The molecular formula is C20H23N3O4. The van der Waals surface area contributed by atoms with Gasteiger partial charge < -0.3 is 25.7 Å². The van der Waals surface area contributed by atoms with Gasteiger partial charge in [-0.2, -0.15) is 0 Å². The first-order valence-corrected chi connectivity index (χ1v) is 8.78. The number of carbonyl (C=O) groups is 2. The van der Waals surface area contributed by atoms with Crippen LogP contribution in [0.4, 0.5) is 5.69 Å². The molecule has 0 atom stereocenters. The summed E-state index contributed by atoms with van der Waals surface area (Å²) in [7, 11) is 4.01. The number of aromatic hydroxyl groups is 2. The van der Waals surface area contributed by atoms with Gasteiger partial charge in [0.15, 0.2) is 11.6 Å². The van der Waals surface area contributed by atoms with E-state index in [1.54, 1.807) is 18.2 Å². The molecule has 1 aliphatic carbocycles. The highest BCUT2D eigenvalue weighted by Gasteiger charge is 2.35. The van der Waals surface area contributed by atoms with Gasteiger partial charge in [0.05, 0.1) is 16.7 Å². The van der Waals surface area contributed by atoms with E-state index >= 15 is 0 Å². The quantitative estimate of drug-likeness (QED) is 0.369. The van der Waals surface area contributed by atoms with Crippen molar-refractivity contribution in [3.63, 3.8) is 0 Å². The Morgan fingerprint density at radius 1 is 0.852 bits per heavy atom. The van der Waals surface area contributed by atoms with Crippen LogP contribution in [0.25, 0.3) is 0 Å². The summed E-state index contributed by atoms with van der Waals surface area (Å²) in [5.74, 6) is -1.57. The van der Waals surface area contributed by atoms with E-state index in [1.807, 2.05) is 14.1 Å². The highest BCUT2D eigenvalue weighted by Crippen LogP contribution is 2.39. The minimum atomic E-state index is -0.475. The minimum absolute atomic E-state index is 0.144. The summed E-state index contributed by atoms with van der Waals surface area (Å²) in [4.78, 5) is 27.8. The van der Waals surface area contributed by atoms with Crippen molar-refractivity contribution in [3.8, 4) is 11.5 Å². The molecule has 0 saturated heterocycles. The molecule has 0 fully saturated rings. The second kappa shape index (κ2) is 7.77. The Morgan fingerprint density at radius 3 is 2.19 bits per heavy atom. The minimum Gasteiger partial charge on any atom is -0.507 e. The fourth-order valence-electron chi connectivity index (χ4n) is 3.15. The van der Waals surface area contributed by atoms with Crippen molar-refractivity contribution in [2.24, 2.45) is 0 Å². The van der Waals surface area contributed by atoms with Crippen molar-refractivity contribution >= 4 is 17.3 Å². The Labute approximate surface area is 157 Å². The molecule has 2 aromatic carbocycles. The van der Waals surface area contributed by atoms with Gasteiger partial charge in [-0.05, 0) is 32.3 Å².